The number of furan rings is 3. The van der Waals surface area contributed by atoms with Crippen LogP contribution < -0.4 is 0 Å². The highest BCUT2D eigenvalue weighted by Crippen LogP contribution is 2.44. The number of fused-ring (bicyclic) bond motifs is 7. The molecule has 3 heteroatoms. The maximum absolute atomic E-state index is 6.46. The molecular weight excluding hydrogens is 384 g/mol. The summed E-state index contributed by atoms with van der Waals surface area (Å²) in [5.74, 6) is 1.67. The summed E-state index contributed by atoms with van der Waals surface area (Å²) in [6.07, 6.45) is 3.41. The first-order chi connectivity index (χ1) is 15.4. The second-order valence-corrected chi connectivity index (χ2v) is 7.74. The highest BCUT2D eigenvalue weighted by molar-refractivity contribution is 6.29. The van der Waals surface area contributed by atoms with Crippen molar-refractivity contribution in [1.82, 2.24) is 0 Å². The van der Waals surface area contributed by atoms with E-state index >= 15 is 0 Å². The third kappa shape index (κ3) is 2.29. The molecule has 0 saturated heterocycles. The molecule has 146 valence electrons. The summed E-state index contributed by atoms with van der Waals surface area (Å²) >= 11 is 0. The van der Waals surface area contributed by atoms with E-state index < -0.39 is 0 Å². The first-order valence-corrected chi connectivity index (χ1v) is 10.3. The summed E-state index contributed by atoms with van der Waals surface area (Å²) in [7, 11) is 0. The van der Waals surface area contributed by atoms with Gasteiger partial charge in [-0.2, -0.15) is 0 Å². The van der Waals surface area contributed by atoms with E-state index in [0.29, 0.717) is 0 Å². The van der Waals surface area contributed by atoms with Crippen LogP contribution in [0.15, 0.2) is 111 Å². The second-order valence-electron chi connectivity index (χ2n) is 7.74. The molecule has 0 fully saturated rings. The van der Waals surface area contributed by atoms with Crippen molar-refractivity contribution in [2.24, 2.45) is 0 Å². The standard InChI is InChI=1S/C28H16O3/c1-3-9-19-17(7-1)21(23-11-5-13-29-23)15-25-27(19)28-20-10-4-2-8-18(20)22(16-26(28)31-25)24-12-6-14-30-24/h1-16H. The molecule has 31 heavy (non-hydrogen) atoms. The molecule has 0 bridgehead atoms. The zero-order valence-electron chi connectivity index (χ0n) is 16.5. The maximum Gasteiger partial charge on any atom is 0.136 e. The van der Waals surface area contributed by atoms with Gasteiger partial charge in [0.05, 0.1) is 12.5 Å². The summed E-state index contributed by atoms with van der Waals surface area (Å²) in [6.45, 7) is 0. The SMILES string of the molecule is c1coc(-c2cc3oc4cc(-c5ccco5)c5ccccc5c4c3c3ccccc23)c1. The van der Waals surface area contributed by atoms with Crippen LogP contribution in [0.5, 0.6) is 0 Å². The Morgan fingerprint density at radius 1 is 0.452 bits per heavy atom. The van der Waals surface area contributed by atoms with Crippen molar-refractivity contribution in [3.8, 4) is 22.6 Å². The first kappa shape index (κ1) is 16.5. The van der Waals surface area contributed by atoms with Gasteiger partial charge in [0, 0.05) is 21.9 Å². The maximum atomic E-state index is 6.46. The normalized spacial score (nSPS) is 11.9. The molecule has 0 N–H and O–H groups in total. The van der Waals surface area contributed by atoms with E-state index in [4.69, 9.17) is 13.3 Å². The second kappa shape index (κ2) is 6.13. The number of hydrogen-bond acceptors (Lipinski definition) is 3. The summed E-state index contributed by atoms with van der Waals surface area (Å²) in [4.78, 5) is 0. The van der Waals surface area contributed by atoms with Gasteiger partial charge >= 0.3 is 0 Å². The largest absolute Gasteiger partial charge is 0.464 e. The Hall–Kier alpha value is -4.24. The van der Waals surface area contributed by atoms with Crippen LogP contribution in [0.2, 0.25) is 0 Å². The highest BCUT2D eigenvalue weighted by atomic mass is 16.3. The summed E-state index contributed by atoms with van der Waals surface area (Å²) in [6, 6.07) is 28.9. The molecule has 3 aromatic heterocycles. The van der Waals surface area contributed by atoms with Gasteiger partial charge in [0.2, 0.25) is 0 Å². The molecule has 3 heterocycles. The molecule has 3 nitrogen and oxygen atoms in total. The predicted molar refractivity (Wildman–Crippen MR) is 124 cm³/mol. The van der Waals surface area contributed by atoms with Crippen LogP contribution in [0, 0.1) is 0 Å². The lowest BCUT2D eigenvalue weighted by atomic mass is 9.94. The molecule has 0 unspecified atom stereocenters. The van der Waals surface area contributed by atoms with Gasteiger partial charge in [-0.1, -0.05) is 48.5 Å². The zero-order chi connectivity index (χ0) is 20.4. The Balaban J connectivity index is 1.71. The van der Waals surface area contributed by atoms with E-state index in [1.807, 2.05) is 24.3 Å². The Morgan fingerprint density at radius 3 is 1.32 bits per heavy atom. The first-order valence-electron chi connectivity index (χ1n) is 10.3. The molecule has 7 rings (SSSR count). The molecular formula is C28H16O3. The minimum absolute atomic E-state index is 0.833. The average Bonchev–Trinajstić information content (AvgIpc) is 3.58. The molecule has 0 aliphatic heterocycles. The Labute approximate surface area is 177 Å². The van der Waals surface area contributed by atoms with Crippen LogP contribution in [0.3, 0.4) is 0 Å². The van der Waals surface area contributed by atoms with Crippen molar-refractivity contribution in [1.29, 1.82) is 0 Å². The highest BCUT2D eigenvalue weighted by Gasteiger charge is 2.19. The number of rotatable bonds is 2. The van der Waals surface area contributed by atoms with E-state index in [2.05, 4.69) is 60.7 Å². The topological polar surface area (TPSA) is 39.4 Å². The van der Waals surface area contributed by atoms with E-state index in [9.17, 15) is 0 Å². The van der Waals surface area contributed by atoms with Crippen molar-refractivity contribution in [2.75, 3.05) is 0 Å². The summed E-state index contributed by atoms with van der Waals surface area (Å²) in [5.41, 5.74) is 3.76. The summed E-state index contributed by atoms with van der Waals surface area (Å²) < 4.78 is 17.9. The molecule has 0 aliphatic carbocycles. The lowest BCUT2D eigenvalue weighted by Crippen LogP contribution is -1.83. The van der Waals surface area contributed by atoms with Crippen LogP contribution in [0.1, 0.15) is 0 Å². The van der Waals surface area contributed by atoms with Crippen LogP contribution in [-0.2, 0) is 0 Å². The van der Waals surface area contributed by atoms with Gasteiger partial charge in [-0.15, -0.1) is 0 Å². The molecule has 0 aliphatic rings. The quantitative estimate of drug-likeness (QED) is 0.292. The fraction of sp³-hybridized carbons (Fsp3) is 0. The van der Waals surface area contributed by atoms with Gasteiger partial charge in [-0.3, -0.25) is 0 Å². The number of hydrogen-bond donors (Lipinski definition) is 0. The molecule has 7 aromatic rings. The molecule has 0 radical (unpaired) electrons. The van der Waals surface area contributed by atoms with E-state index in [-0.39, 0.29) is 0 Å². The van der Waals surface area contributed by atoms with Gasteiger partial charge in [0.1, 0.15) is 22.7 Å². The molecule has 0 amide bonds. The Morgan fingerprint density at radius 2 is 0.903 bits per heavy atom. The van der Waals surface area contributed by atoms with Crippen molar-refractivity contribution < 1.29 is 13.3 Å². The van der Waals surface area contributed by atoms with Crippen LogP contribution >= 0.6 is 0 Å². The van der Waals surface area contributed by atoms with Crippen LogP contribution in [0.4, 0.5) is 0 Å². The van der Waals surface area contributed by atoms with Gasteiger partial charge in [0.25, 0.3) is 0 Å². The Bertz CT molecular complexity index is 1590. The fourth-order valence-electron chi connectivity index (χ4n) is 4.77. The molecule has 0 saturated carbocycles. The van der Waals surface area contributed by atoms with Gasteiger partial charge in [-0.05, 0) is 57.9 Å². The summed E-state index contributed by atoms with van der Waals surface area (Å²) in [5, 5.41) is 6.85. The van der Waals surface area contributed by atoms with Crippen molar-refractivity contribution >= 4 is 43.5 Å². The smallest absolute Gasteiger partial charge is 0.136 e. The van der Waals surface area contributed by atoms with Crippen molar-refractivity contribution in [3.05, 3.63) is 97.5 Å². The molecule has 0 atom stereocenters. The van der Waals surface area contributed by atoms with Gasteiger partial charge < -0.3 is 13.3 Å². The van der Waals surface area contributed by atoms with Crippen LogP contribution in [-0.4, -0.2) is 0 Å². The monoisotopic (exact) mass is 400 g/mol. The minimum Gasteiger partial charge on any atom is -0.464 e. The minimum atomic E-state index is 0.833. The van der Waals surface area contributed by atoms with Crippen molar-refractivity contribution in [2.45, 2.75) is 0 Å². The Kier molecular flexibility index (Phi) is 3.27. The average molecular weight is 400 g/mol. The van der Waals surface area contributed by atoms with Gasteiger partial charge in [-0.25, -0.2) is 0 Å². The fourth-order valence-corrected chi connectivity index (χ4v) is 4.77. The van der Waals surface area contributed by atoms with Gasteiger partial charge in [0.15, 0.2) is 0 Å². The molecule has 4 aromatic carbocycles. The lowest BCUT2D eigenvalue weighted by Gasteiger charge is -2.08. The number of benzene rings is 4. The van der Waals surface area contributed by atoms with Crippen molar-refractivity contribution in [3.63, 3.8) is 0 Å². The van der Waals surface area contributed by atoms with Crippen LogP contribution in [0.25, 0.3) is 66.1 Å². The van der Waals surface area contributed by atoms with E-state index in [0.717, 1.165) is 66.1 Å². The lowest BCUT2D eigenvalue weighted by molar-refractivity contribution is 0.582. The van der Waals surface area contributed by atoms with E-state index in [1.165, 1.54) is 0 Å². The third-order valence-electron chi connectivity index (χ3n) is 6.06. The predicted octanol–water partition coefficient (Wildman–Crippen LogP) is 8.41. The third-order valence-corrected chi connectivity index (χ3v) is 6.06. The zero-order valence-corrected chi connectivity index (χ0v) is 16.5. The molecule has 0 spiro atoms. The van der Waals surface area contributed by atoms with E-state index in [1.54, 1.807) is 12.5 Å².